The molecule has 2 nitrogen and oxygen atoms in total. The summed E-state index contributed by atoms with van der Waals surface area (Å²) in [4.78, 5) is 0. The molecule has 0 spiro atoms. The van der Waals surface area contributed by atoms with Gasteiger partial charge in [0.25, 0.3) is 0 Å². The zero-order valence-electron chi connectivity index (χ0n) is 9.83. The Bertz CT molecular complexity index is 388. The van der Waals surface area contributed by atoms with Gasteiger partial charge in [0.2, 0.25) is 0 Å². The Labute approximate surface area is 97.0 Å². The van der Waals surface area contributed by atoms with E-state index in [1.807, 2.05) is 0 Å². The van der Waals surface area contributed by atoms with Gasteiger partial charge in [-0.2, -0.15) is 0 Å². The maximum Gasteiger partial charge on any atom is 0.119 e. The number of aryl methyl sites for hydroxylation is 1. The van der Waals surface area contributed by atoms with Gasteiger partial charge < -0.3 is 10.1 Å². The lowest BCUT2D eigenvalue weighted by molar-refractivity contribution is 0.412. The van der Waals surface area contributed by atoms with Crippen molar-refractivity contribution in [3.8, 4) is 5.75 Å². The molecule has 1 aliphatic heterocycles. The van der Waals surface area contributed by atoms with Crippen LogP contribution in [0.5, 0.6) is 5.75 Å². The Kier molecular flexibility index (Phi) is 2.60. The van der Waals surface area contributed by atoms with Crippen LogP contribution in [0.2, 0.25) is 0 Å². The minimum Gasteiger partial charge on any atom is -0.497 e. The molecule has 1 heterocycles. The highest BCUT2D eigenvalue weighted by Gasteiger charge is 2.31. The third-order valence-corrected chi connectivity index (χ3v) is 4.11. The first-order chi connectivity index (χ1) is 7.88. The Balaban J connectivity index is 2.03. The van der Waals surface area contributed by atoms with Gasteiger partial charge in [-0.15, -0.1) is 0 Å². The molecule has 0 radical (unpaired) electrons. The number of benzene rings is 1. The molecule has 0 amide bonds. The first-order valence-electron chi connectivity index (χ1n) is 6.26. The first-order valence-corrected chi connectivity index (χ1v) is 6.26. The van der Waals surface area contributed by atoms with E-state index >= 15 is 0 Å². The second-order valence-electron chi connectivity index (χ2n) is 4.98. The summed E-state index contributed by atoms with van der Waals surface area (Å²) in [6, 6.07) is 6.61. The van der Waals surface area contributed by atoms with E-state index in [9.17, 15) is 0 Å². The van der Waals surface area contributed by atoms with E-state index in [1.54, 1.807) is 7.11 Å². The minimum absolute atomic E-state index is 0.715. The van der Waals surface area contributed by atoms with Gasteiger partial charge in [0.15, 0.2) is 0 Å². The van der Waals surface area contributed by atoms with Gasteiger partial charge in [-0.05, 0) is 55.0 Å². The van der Waals surface area contributed by atoms with Crippen LogP contribution in [0.4, 0.5) is 0 Å². The van der Waals surface area contributed by atoms with Gasteiger partial charge in [0, 0.05) is 12.5 Å². The molecule has 1 N–H and O–H groups in total. The van der Waals surface area contributed by atoms with Gasteiger partial charge in [-0.25, -0.2) is 0 Å². The number of fused-ring (bicyclic) bond motifs is 3. The van der Waals surface area contributed by atoms with E-state index in [0.717, 1.165) is 18.2 Å². The van der Waals surface area contributed by atoms with Crippen molar-refractivity contribution in [3.05, 3.63) is 29.3 Å². The van der Waals surface area contributed by atoms with Gasteiger partial charge >= 0.3 is 0 Å². The van der Waals surface area contributed by atoms with Crippen LogP contribution in [-0.4, -0.2) is 20.2 Å². The molecule has 1 fully saturated rings. The lowest BCUT2D eigenvalue weighted by atomic mass is 9.87. The second kappa shape index (κ2) is 4.10. The van der Waals surface area contributed by atoms with Crippen LogP contribution in [0.1, 0.15) is 29.9 Å². The fraction of sp³-hybridized carbons (Fsp3) is 0.571. The SMILES string of the molecule is COc1ccc2c(c1)C1CNCC1CCC2. The molecule has 16 heavy (non-hydrogen) atoms. The Morgan fingerprint density at radius 2 is 2.25 bits per heavy atom. The highest BCUT2D eigenvalue weighted by Crippen LogP contribution is 2.38. The fourth-order valence-corrected chi connectivity index (χ4v) is 3.23. The van der Waals surface area contributed by atoms with Crippen molar-refractivity contribution in [2.24, 2.45) is 5.92 Å². The standard InChI is InChI=1S/C14H19NO/c1-16-12-6-5-10-3-2-4-11-8-15-9-14(11)13(10)7-12/h5-7,11,14-15H,2-4,8-9H2,1H3. The fourth-order valence-electron chi connectivity index (χ4n) is 3.23. The predicted molar refractivity (Wildman–Crippen MR) is 65.0 cm³/mol. The van der Waals surface area contributed by atoms with E-state index in [4.69, 9.17) is 4.74 Å². The molecule has 0 aromatic heterocycles. The van der Waals surface area contributed by atoms with Crippen LogP contribution in [0.3, 0.4) is 0 Å². The van der Waals surface area contributed by atoms with Gasteiger partial charge in [0.05, 0.1) is 7.11 Å². The maximum atomic E-state index is 5.35. The van der Waals surface area contributed by atoms with Crippen molar-refractivity contribution in [1.29, 1.82) is 0 Å². The molecule has 0 bridgehead atoms. The lowest BCUT2D eigenvalue weighted by Gasteiger charge is -2.18. The smallest absolute Gasteiger partial charge is 0.119 e. The lowest BCUT2D eigenvalue weighted by Crippen LogP contribution is -2.09. The van der Waals surface area contributed by atoms with Crippen LogP contribution in [0.25, 0.3) is 0 Å². The molecule has 2 atom stereocenters. The summed E-state index contributed by atoms with van der Waals surface area (Å²) < 4.78 is 5.35. The normalized spacial score (nSPS) is 28.1. The number of ether oxygens (including phenoxy) is 1. The Morgan fingerprint density at radius 1 is 1.31 bits per heavy atom. The molecule has 0 saturated carbocycles. The van der Waals surface area contributed by atoms with Crippen molar-refractivity contribution < 1.29 is 4.74 Å². The number of rotatable bonds is 1. The molecule has 1 aromatic carbocycles. The summed E-state index contributed by atoms with van der Waals surface area (Å²) in [5.74, 6) is 2.56. The van der Waals surface area contributed by atoms with Gasteiger partial charge in [-0.1, -0.05) is 6.07 Å². The summed E-state index contributed by atoms with van der Waals surface area (Å²) in [5.41, 5.74) is 3.07. The zero-order chi connectivity index (χ0) is 11.0. The van der Waals surface area contributed by atoms with Crippen molar-refractivity contribution >= 4 is 0 Å². The predicted octanol–water partition coefficient (Wildman–Crippen LogP) is 2.33. The van der Waals surface area contributed by atoms with Crippen molar-refractivity contribution in [2.75, 3.05) is 20.2 Å². The van der Waals surface area contributed by atoms with Gasteiger partial charge in [-0.3, -0.25) is 0 Å². The van der Waals surface area contributed by atoms with Crippen LogP contribution in [0, 0.1) is 5.92 Å². The molecule has 86 valence electrons. The Morgan fingerprint density at radius 3 is 3.12 bits per heavy atom. The number of hydrogen-bond donors (Lipinski definition) is 1. The minimum atomic E-state index is 0.715. The van der Waals surface area contributed by atoms with Crippen LogP contribution in [0.15, 0.2) is 18.2 Å². The summed E-state index contributed by atoms with van der Waals surface area (Å²) in [6.45, 7) is 2.34. The highest BCUT2D eigenvalue weighted by molar-refractivity contribution is 5.40. The summed E-state index contributed by atoms with van der Waals surface area (Å²) in [5, 5.41) is 3.53. The molecular formula is C14H19NO. The number of hydrogen-bond acceptors (Lipinski definition) is 2. The third kappa shape index (κ3) is 1.61. The molecule has 2 unspecified atom stereocenters. The van der Waals surface area contributed by atoms with Crippen molar-refractivity contribution in [2.45, 2.75) is 25.2 Å². The average Bonchev–Trinajstić information content (AvgIpc) is 2.71. The van der Waals surface area contributed by atoms with Gasteiger partial charge in [0.1, 0.15) is 5.75 Å². The quantitative estimate of drug-likeness (QED) is 0.779. The van der Waals surface area contributed by atoms with Crippen LogP contribution in [-0.2, 0) is 6.42 Å². The van der Waals surface area contributed by atoms with Crippen molar-refractivity contribution in [1.82, 2.24) is 5.32 Å². The topological polar surface area (TPSA) is 21.3 Å². The maximum absolute atomic E-state index is 5.35. The van der Waals surface area contributed by atoms with Crippen LogP contribution >= 0.6 is 0 Å². The first kappa shape index (κ1) is 10.2. The highest BCUT2D eigenvalue weighted by atomic mass is 16.5. The van der Waals surface area contributed by atoms with E-state index in [0.29, 0.717) is 5.92 Å². The van der Waals surface area contributed by atoms with E-state index in [-0.39, 0.29) is 0 Å². The largest absolute Gasteiger partial charge is 0.497 e. The molecule has 3 rings (SSSR count). The monoisotopic (exact) mass is 217 g/mol. The summed E-state index contributed by atoms with van der Waals surface area (Å²) in [6.07, 6.45) is 3.95. The summed E-state index contributed by atoms with van der Waals surface area (Å²) >= 11 is 0. The van der Waals surface area contributed by atoms with Crippen molar-refractivity contribution in [3.63, 3.8) is 0 Å². The summed E-state index contributed by atoms with van der Waals surface area (Å²) in [7, 11) is 1.75. The average molecular weight is 217 g/mol. The van der Waals surface area contributed by atoms with E-state index < -0.39 is 0 Å². The molecule has 2 aliphatic rings. The van der Waals surface area contributed by atoms with E-state index in [1.165, 1.54) is 36.9 Å². The van der Waals surface area contributed by atoms with E-state index in [2.05, 4.69) is 23.5 Å². The Hall–Kier alpha value is -1.02. The molecular weight excluding hydrogens is 198 g/mol. The molecule has 1 saturated heterocycles. The third-order valence-electron chi connectivity index (χ3n) is 4.11. The molecule has 1 aliphatic carbocycles. The van der Waals surface area contributed by atoms with Crippen LogP contribution < -0.4 is 10.1 Å². The number of nitrogens with one attached hydrogen (secondary N) is 1. The number of methoxy groups -OCH3 is 1. The second-order valence-corrected chi connectivity index (χ2v) is 4.98. The molecule has 2 heteroatoms. The molecule has 1 aromatic rings. The zero-order valence-corrected chi connectivity index (χ0v) is 9.83.